The Bertz CT molecular complexity index is 908. The summed E-state index contributed by atoms with van der Waals surface area (Å²) in [5.74, 6) is 0.470. The van der Waals surface area contributed by atoms with Crippen LogP contribution in [0.2, 0.25) is 0 Å². The minimum absolute atomic E-state index is 0.0812. The van der Waals surface area contributed by atoms with Crippen LogP contribution in [0, 0.1) is 0 Å². The van der Waals surface area contributed by atoms with Gasteiger partial charge in [0.2, 0.25) is 0 Å². The van der Waals surface area contributed by atoms with Gasteiger partial charge in [0, 0.05) is 31.4 Å². The third-order valence-corrected chi connectivity index (χ3v) is 4.17. The lowest BCUT2D eigenvalue weighted by molar-refractivity contribution is 0.380. The molecule has 1 heterocycles. The number of benzene rings is 2. The SMILES string of the molecule is COc1nc(N=NC(C)c2ccc(N(C)C)cc2)cc(-c2ccccc2)n1. The molecule has 0 spiro atoms. The van der Waals surface area contributed by atoms with Crippen molar-refractivity contribution in [1.29, 1.82) is 0 Å². The van der Waals surface area contributed by atoms with Crippen LogP contribution in [0.15, 0.2) is 70.9 Å². The van der Waals surface area contributed by atoms with Crippen molar-refractivity contribution in [2.45, 2.75) is 13.0 Å². The van der Waals surface area contributed by atoms with Gasteiger partial charge >= 0.3 is 6.01 Å². The van der Waals surface area contributed by atoms with E-state index < -0.39 is 0 Å². The first kappa shape index (κ1) is 18.5. The summed E-state index contributed by atoms with van der Waals surface area (Å²) >= 11 is 0. The summed E-state index contributed by atoms with van der Waals surface area (Å²) in [4.78, 5) is 10.7. The molecule has 1 atom stereocenters. The number of hydrogen-bond acceptors (Lipinski definition) is 6. The molecular weight excluding hydrogens is 338 g/mol. The monoisotopic (exact) mass is 361 g/mol. The van der Waals surface area contributed by atoms with Gasteiger partial charge in [-0.05, 0) is 24.6 Å². The van der Waals surface area contributed by atoms with Crippen LogP contribution in [0.5, 0.6) is 6.01 Å². The molecule has 0 saturated heterocycles. The predicted octanol–water partition coefficient (Wildman–Crippen LogP) is 5.06. The summed E-state index contributed by atoms with van der Waals surface area (Å²) < 4.78 is 5.22. The van der Waals surface area contributed by atoms with Crippen molar-refractivity contribution in [2.24, 2.45) is 10.2 Å². The molecule has 3 aromatic rings. The van der Waals surface area contributed by atoms with Crippen LogP contribution >= 0.6 is 0 Å². The highest BCUT2D eigenvalue weighted by Gasteiger charge is 2.08. The van der Waals surface area contributed by atoms with Crippen LogP contribution in [-0.4, -0.2) is 31.2 Å². The molecular formula is C21H23N5O. The molecule has 0 radical (unpaired) electrons. The van der Waals surface area contributed by atoms with E-state index in [2.05, 4.69) is 49.4 Å². The molecule has 0 N–H and O–H groups in total. The number of ether oxygens (including phenoxy) is 1. The Kier molecular flexibility index (Phi) is 5.76. The number of hydrogen-bond donors (Lipinski definition) is 0. The van der Waals surface area contributed by atoms with Gasteiger partial charge in [0.15, 0.2) is 5.82 Å². The molecule has 6 nitrogen and oxygen atoms in total. The van der Waals surface area contributed by atoms with Crippen molar-refractivity contribution >= 4 is 11.5 Å². The van der Waals surface area contributed by atoms with Gasteiger partial charge in [-0.2, -0.15) is 15.1 Å². The molecule has 0 saturated carbocycles. The van der Waals surface area contributed by atoms with Crippen molar-refractivity contribution in [3.8, 4) is 17.3 Å². The maximum Gasteiger partial charge on any atom is 0.318 e. The van der Waals surface area contributed by atoms with Gasteiger partial charge in [-0.1, -0.05) is 42.5 Å². The molecule has 0 amide bonds. The van der Waals surface area contributed by atoms with Crippen LogP contribution < -0.4 is 9.64 Å². The zero-order valence-electron chi connectivity index (χ0n) is 16.0. The van der Waals surface area contributed by atoms with Crippen molar-refractivity contribution in [1.82, 2.24) is 9.97 Å². The van der Waals surface area contributed by atoms with Crippen molar-refractivity contribution in [3.63, 3.8) is 0 Å². The third-order valence-electron chi connectivity index (χ3n) is 4.17. The highest BCUT2D eigenvalue weighted by atomic mass is 16.5. The lowest BCUT2D eigenvalue weighted by Gasteiger charge is -2.13. The van der Waals surface area contributed by atoms with Crippen molar-refractivity contribution in [2.75, 3.05) is 26.1 Å². The molecule has 0 aliphatic heterocycles. The van der Waals surface area contributed by atoms with E-state index in [0.29, 0.717) is 5.82 Å². The first-order valence-electron chi connectivity index (χ1n) is 8.73. The smallest absolute Gasteiger partial charge is 0.318 e. The summed E-state index contributed by atoms with van der Waals surface area (Å²) in [6.07, 6.45) is 0. The number of methoxy groups -OCH3 is 1. The minimum atomic E-state index is -0.0812. The lowest BCUT2D eigenvalue weighted by Crippen LogP contribution is -2.08. The highest BCUT2D eigenvalue weighted by molar-refractivity contribution is 5.61. The Morgan fingerprint density at radius 3 is 2.30 bits per heavy atom. The second-order valence-electron chi connectivity index (χ2n) is 6.34. The summed E-state index contributed by atoms with van der Waals surface area (Å²) in [6, 6.07) is 20.1. The summed E-state index contributed by atoms with van der Waals surface area (Å²) in [7, 11) is 5.58. The first-order chi connectivity index (χ1) is 13.1. The fourth-order valence-corrected chi connectivity index (χ4v) is 2.58. The lowest BCUT2D eigenvalue weighted by atomic mass is 10.1. The molecule has 0 fully saturated rings. The van der Waals surface area contributed by atoms with Gasteiger partial charge in [0.05, 0.1) is 18.8 Å². The normalized spacial score (nSPS) is 12.1. The quantitative estimate of drug-likeness (QED) is 0.576. The van der Waals surface area contributed by atoms with Gasteiger partial charge in [-0.15, -0.1) is 5.11 Å². The van der Waals surface area contributed by atoms with Gasteiger partial charge in [-0.3, -0.25) is 0 Å². The van der Waals surface area contributed by atoms with Crippen LogP contribution in [0.4, 0.5) is 11.5 Å². The van der Waals surface area contributed by atoms with Crippen molar-refractivity contribution < 1.29 is 4.74 Å². The number of nitrogens with zero attached hydrogens (tertiary/aromatic N) is 5. The van der Waals surface area contributed by atoms with E-state index in [4.69, 9.17) is 4.74 Å². The fourth-order valence-electron chi connectivity index (χ4n) is 2.58. The van der Waals surface area contributed by atoms with Crippen molar-refractivity contribution in [3.05, 3.63) is 66.2 Å². The molecule has 0 aliphatic rings. The zero-order chi connectivity index (χ0) is 19.2. The average molecular weight is 361 g/mol. The molecule has 0 bridgehead atoms. The number of anilines is 1. The Morgan fingerprint density at radius 1 is 0.963 bits per heavy atom. The van der Waals surface area contributed by atoms with Gasteiger partial charge < -0.3 is 9.64 Å². The second-order valence-corrected chi connectivity index (χ2v) is 6.34. The van der Waals surface area contributed by atoms with Crippen LogP contribution in [-0.2, 0) is 0 Å². The number of rotatable bonds is 6. The third kappa shape index (κ3) is 4.67. The molecule has 138 valence electrons. The Labute approximate surface area is 159 Å². The summed E-state index contributed by atoms with van der Waals surface area (Å²) in [5, 5.41) is 8.73. The van der Waals surface area contributed by atoms with E-state index in [1.54, 1.807) is 7.11 Å². The largest absolute Gasteiger partial charge is 0.467 e. The molecule has 1 unspecified atom stereocenters. The molecule has 1 aromatic heterocycles. The maximum absolute atomic E-state index is 5.22. The van der Waals surface area contributed by atoms with Gasteiger partial charge in [-0.25, -0.2) is 0 Å². The van der Waals surface area contributed by atoms with E-state index >= 15 is 0 Å². The van der Waals surface area contributed by atoms with Crippen LogP contribution in [0.3, 0.4) is 0 Å². The Hall–Kier alpha value is -3.28. The summed E-state index contributed by atoms with van der Waals surface area (Å²) in [5.41, 5.74) is 3.96. The molecule has 27 heavy (non-hydrogen) atoms. The second kappa shape index (κ2) is 8.40. The maximum atomic E-state index is 5.22. The van der Waals surface area contributed by atoms with Gasteiger partial charge in [0.1, 0.15) is 0 Å². The zero-order valence-corrected chi connectivity index (χ0v) is 16.0. The topological polar surface area (TPSA) is 63.0 Å². The van der Waals surface area contributed by atoms with E-state index in [0.717, 1.165) is 22.5 Å². The molecule has 2 aromatic carbocycles. The average Bonchev–Trinajstić information content (AvgIpc) is 2.72. The molecule has 3 rings (SSSR count). The Balaban J connectivity index is 1.83. The highest BCUT2D eigenvalue weighted by Crippen LogP contribution is 2.26. The minimum Gasteiger partial charge on any atom is -0.467 e. The number of azo groups is 1. The van der Waals surface area contributed by atoms with E-state index in [1.807, 2.05) is 57.4 Å². The van der Waals surface area contributed by atoms with E-state index in [1.165, 1.54) is 0 Å². The van der Waals surface area contributed by atoms with Crippen LogP contribution in [0.25, 0.3) is 11.3 Å². The number of aromatic nitrogens is 2. The molecule has 0 aliphatic carbocycles. The standard InChI is InChI=1S/C21H23N5O/c1-15(16-10-12-18(13-11-16)26(2)3)24-25-20-14-19(22-21(23-20)27-4)17-8-6-5-7-9-17/h5-15H,1-4H3. The fraction of sp³-hybridized carbons (Fsp3) is 0.238. The van der Waals surface area contributed by atoms with E-state index in [9.17, 15) is 0 Å². The predicted molar refractivity (Wildman–Crippen MR) is 108 cm³/mol. The van der Waals surface area contributed by atoms with Gasteiger partial charge in [0.25, 0.3) is 0 Å². The first-order valence-corrected chi connectivity index (χ1v) is 8.73. The summed E-state index contributed by atoms with van der Waals surface area (Å²) in [6.45, 7) is 2.00. The Morgan fingerprint density at radius 2 is 1.67 bits per heavy atom. The molecule has 6 heteroatoms. The van der Waals surface area contributed by atoms with Crippen LogP contribution in [0.1, 0.15) is 18.5 Å². The van der Waals surface area contributed by atoms with E-state index in [-0.39, 0.29) is 12.1 Å².